The monoisotopic (exact) mass is 254 g/mol. The molecular formula is C10H8F2N4O2. The summed E-state index contributed by atoms with van der Waals surface area (Å²) >= 11 is 0. The fourth-order valence-electron chi connectivity index (χ4n) is 1.51. The summed E-state index contributed by atoms with van der Waals surface area (Å²) in [6, 6.07) is 2.60. The van der Waals surface area contributed by atoms with Crippen molar-refractivity contribution in [3.63, 3.8) is 0 Å². The molecule has 1 aromatic carbocycles. The summed E-state index contributed by atoms with van der Waals surface area (Å²) in [7, 11) is 1.53. The second-order valence-electron chi connectivity index (χ2n) is 3.62. The van der Waals surface area contributed by atoms with Gasteiger partial charge in [-0.3, -0.25) is 14.8 Å². The molecule has 0 spiro atoms. The second kappa shape index (κ2) is 4.06. The highest BCUT2D eigenvalue weighted by Gasteiger charge is 2.22. The molecule has 0 saturated heterocycles. The van der Waals surface area contributed by atoms with E-state index in [2.05, 4.69) is 5.10 Å². The van der Waals surface area contributed by atoms with Crippen molar-refractivity contribution >= 4 is 11.5 Å². The first-order valence-electron chi connectivity index (χ1n) is 4.83. The number of aromatic nitrogens is 2. The first-order chi connectivity index (χ1) is 8.40. The molecule has 0 radical (unpaired) electrons. The predicted molar refractivity (Wildman–Crippen MR) is 59.6 cm³/mol. The number of benzene rings is 1. The van der Waals surface area contributed by atoms with Gasteiger partial charge in [0.05, 0.1) is 16.6 Å². The third-order valence-corrected chi connectivity index (χ3v) is 2.43. The number of nitro groups is 1. The van der Waals surface area contributed by atoms with Gasteiger partial charge in [-0.1, -0.05) is 0 Å². The average molecular weight is 254 g/mol. The highest BCUT2D eigenvalue weighted by molar-refractivity contribution is 5.72. The number of hydrogen-bond donors (Lipinski definition) is 1. The fourth-order valence-corrected chi connectivity index (χ4v) is 1.51. The van der Waals surface area contributed by atoms with Crippen LogP contribution in [0.4, 0.5) is 20.3 Å². The lowest BCUT2D eigenvalue weighted by atomic mass is 10.1. The van der Waals surface area contributed by atoms with Crippen LogP contribution < -0.4 is 5.73 Å². The van der Waals surface area contributed by atoms with Crippen LogP contribution in [0.25, 0.3) is 11.3 Å². The number of aryl methyl sites for hydroxylation is 1. The number of hydrogen-bond acceptors (Lipinski definition) is 4. The number of halogens is 2. The van der Waals surface area contributed by atoms with Gasteiger partial charge in [-0.15, -0.1) is 0 Å². The molecule has 2 aromatic rings. The van der Waals surface area contributed by atoms with Crippen molar-refractivity contribution in [3.05, 3.63) is 39.9 Å². The molecule has 94 valence electrons. The smallest absolute Gasteiger partial charge is 0.281 e. The molecule has 1 heterocycles. The molecule has 18 heavy (non-hydrogen) atoms. The lowest BCUT2D eigenvalue weighted by Gasteiger charge is -2.00. The molecule has 0 aliphatic carbocycles. The van der Waals surface area contributed by atoms with Gasteiger partial charge in [0.2, 0.25) is 0 Å². The first kappa shape index (κ1) is 12.0. The van der Waals surface area contributed by atoms with Gasteiger partial charge in [0.1, 0.15) is 11.5 Å². The van der Waals surface area contributed by atoms with Gasteiger partial charge >= 0.3 is 0 Å². The van der Waals surface area contributed by atoms with E-state index in [0.29, 0.717) is 6.07 Å². The van der Waals surface area contributed by atoms with Gasteiger partial charge in [0, 0.05) is 13.1 Å². The van der Waals surface area contributed by atoms with Crippen LogP contribution in [0.3, 0.4) is 0 Å². The normalized spacial score (nSPS) is 10.6. The maximum Gasteiger partial charge on any atom is 0.281 e. The molecule has 0 saturated carbocycles. The van der Waals surface area contributed by atoms with Crippen molar-refractivity contribution in [3.8, 4) is 11.3 Å². The van der Waals surface area contributed by atoms with Crippen LogP contribution >= 0.6 is 0 Å². The molecular weight excluding hydrogens is 246 g/mol. The van der Waals surface area contributed by atoms with Crippen molar-refractivity contribution in [2.24, 2.45) is 7.05 Å². The first-order valence-corrected chi connectivity index (χ1v) is 4.83. The Morgan fingerprint density at radius 1 is 1.33 bits per heavy atom. The maximum absolute atomic E-state index is 13.2. The standard InChI is InChI=1S/C10H8F2N4O2/c1-15-10(13)4-8(14-15)5-2-6(11)7(12)3-9(5)16(17)18/h2-4H,13H2,1H3. The van der Waals surface area contributed by atoms with E-state index in [1.54, 1.807) is 0 Å². The number of nitrogens with two attached hydrogens (primary N) is 1. The number of nitrogen functional groups attached to an aromatic ring is 1. The Morgan fingerprint density at radius 2 is 1.94 bits per heavy atom. The molecule has 0 unspecified atom stereocenters. The Balaban J connectivity index is 2.69. The molecule has 0 amide bonds. The Kier molecular flexibility index (Phi) is 2.70. The van der Waals surface area contributed by atoms with Gasteiger partial charge in [-0.25, -0.2) is 8.78 Å². The molecule has 1 aromatic heterocycles. The van der Waals surface area contributed by atoms with Crippen LogP contribution in [-0.4, -0.2) is 14.7 Å². The second-order valence-corrected chi connectivity index (χ2v) is 3.62. The SMILES string of the molecule is Cn1nc(-c2cc(F)c(F)cc2[N+](=O)[O-])cc1N. The Bertz CT molecular complexity index is 620. The zero-order valence-electron chi connectivity index (χ0n) is 9.22. The number of anilines is 1. The minimum Gasteiger partial charge on any atom is -0.384 e. The zero-order chi connectivity index (χ0) is 13.4. The summed E-state index contributed by atoms with van der Waals surface area (Å²) in [6.45, 7) is 0. The van der Waals surface area contributed by atoms with Crippen molar-refractivity contribution in [1.29, 1.82) is 0 Å². The van der Waals surface area contributed by atoms with E-state index in [0.717, 1.165) is 6.07 Å². The molecule has 2 rings (SSSR count). The largest absolute Gasteiger partial charge is 0.384 e. The Morgan fingerprint density at radius 3 is 2.44 bits per heavy atom. The highest BCUT2D eigenvalue weighted by Crippen LogP contribution is 2.31. The van der Waals surface area contributed by atoms with Crippen LogP contribution in [0.5, 0.6) is 0 Å². The minimum absolute atomic E-state index is 0.112. The molecule has 0 aliphatic heterocycles. The zero-order valence-corrected chi connectivity index (χ0v) is 9.22. The summed E-state index contributed by atoms with van der Waals surface area (Å²) in [6.07, 6.45) is 0. The van der Waals surface area contributed by atoms with Crippen LogP contribution in [0.2, 0.25) is 0 Å². The molecule has 0 fully saturated rings. The number of rotatable bonds is 2. The third kappa shape index (κ3) is 1.88. The van der Waals surface area contributed by atoms with Crippen LogP contribution in [0.1, 0.15) is 0 Å². The molecule has 0 aliphatic rings. The third-order valence-electron chi connectivity index (χ3n) is 2.43. The van der Waals surface area contributed by atoms with Crippen LogP contribution in [0.15, 0.2) is 18.2 Å². The topological polar surface area (TPSA) is 87.0 Å². The Labute approximate surface area is 99.8 Å². The lowest BCUT2D eigenvalue weighted by molar-refractivity contribution is -0.384. The van der Waals surface area contributed by atoms with Crippen molar-refractivity contribution in [1.82, 2.24) is 9.78 Å². The van der Waals surface area contributed by atoms with Gasteiger partial charge in [0.15, 0.2) is 11.6 Å². The van der Waals surface area contributed by atoms with Gasteiger partial charge in [0.25, 0.3) is 5.69 Å². The fraction of sp³-hybridized carbons (Fsp3) is 0.100. The summed E-state index contributed by atoms with van der Waals surface area (Å²) in [5.41, 5.74) is 4.96. The molecule has 2 N–H and O–H groups in total. The molecule has 6 nitrogen and oxygen atoms in total. The van der Waals surface area contributed by atoms with E-state index < -0.39 is 22.2 Å². The summed E-state index contributed by atoms with van der Waals surface area (Å²) in [5.74, 6) is -2.21. The van der Waals surface area contributed by atoms with Crippen LogP contribution in [0, 0.1) is 21.7 Å². The molecule has 0 atom stereocenters. The average Bonchev–Trinajstić information content (AvgIpc) is 2.62. The quantitative estimate of drug-likeness (QED) is 0.654. The van der Waals surface area contributed by atoms with E-state index in [9.17, 15) is 18.9 Å². The summed E-state index contributed by atoms with van der Waals surface area (Å²) in [5, 5.41) is 14.7. The van der Waals surface area contributed by atoms with Crippen LogP contribution in [-0.2, 0) is 7.05 Å². The van der Waals surface area contributed by atoms with Crippen molar-refractivity contribution in [2.75, 3.05) is 5.73 Å². The van der Waals surface area contributed by atoms with Gasteiger partial charge < -0.3 is 5.73 Å². The van der Waals surface area contributed by atoms with Crippen molar-refractivity contribution in [2.45, 2.75) is 0 Å². The number of nitro benzene ring substituents is 1. The predicted octanol–water partition coefficient (Wildman–Crippen LogP) is 1.86. The molecule has 0 bridgehead atoms. The Hall–Kier alpha value is -2.51. The number of nitrogens with zero attached hydrogens (tertiary/aromatic N) is 3. The molecule has 8 heteroatoms. The highest BCUT2D eigenvalue weighted by atomic mass is 19.2. The lowest BCUT2D eigenvalue weighted by Crippen LogP contribution is -1.98. The maximum atomic E-state index is 13.2. The minimum atomic E-state index is -1.28. The van der Waals surface area contributed by atoms with E-state index in [-0.39, 0.29) is 17.1 Å². The van der Waals surface area contributed by atoms with Gasteiger partial charge in [-0.05, 0) is 6.07 Å². The van der Waals surface area contributed by atoms with E-state index >= 15 is 0 Å². The summed E-state index contributed by atoms with van der Waals surface area (Å²) < 4.78 is 27.4. The van der Waals surface area contributed by atoms with E-state index in [4.69, 9.17) is 5.73 Å². The van der Waals surface area contributed by atoms with Gasteiger partial charge in [-0.2, -0.15) is 5.10 Å². The van der Waals surface area contributed by atoms with Crippen molar-refractivity contribution < 1.29 is 13.7 Å². The van der Waals surface area contributed by atoms with E-state index in [1.807, 2.05) is 0 Å². The summed E-state index contributed by atoms with van der Waals surface area (Å²) in [4.78, 5) is 10.00. The van der Waals surface area contributed by atoms with E-state index in [1.165, 1.54) is 17.8 Å².